The predicted octanol–water partition coefficient (Wildman–Crippen LogP) is 7.21. The Bertz CT molecular complexity index is 985. The average molecular weight is 488 g/mol. The Labute approximate surface area is 210 Å². The van der Waals surface area contributed by atoms with Crippen molar-refractivity contribution in [1.29, 1.82) is 0 Å². The first-order valence-electron chi connectivity index (χ1n) is 13.3. The quantitative estimate of drug-likeness (QED) is 0.419. The number of alkyl halides is 2. The molecule has 0 radical (unpaired) electrons. The minimum Gasteiger partial charge on any atom is -0.399 e. The van der Waals surface area contributed by atoms with Crippen LogP contribution in [-0.2, 0) is 22.2 Å². The van der Waals surface area contributed by atoms with Crippen LogP contribution in [0.15, 0.2) is 18.3 Å². The maximum Gasteiger partial charge on any atom is 0.495 e. The third kappa shape index (κ3) is 5.99. The number of rotatable bonds is 7. The lowest BCUT2D eigenvalue weighted by atomic mass is 9.74. The average Bonchev–Trinajstić information content (AvgIpc) is 3.44. The van der Waals surface area contributed by atoms with Crippen LogP contribution in [0.2, 0.25) is 0 Å². The van der Waals surface area contributed by atoms with E-state index in [1.807, 2.05) is 46.0 Å². The van der Waals surface area contributed by atoms with Crippen LogP contribution >= 0.6 is 0 Å². The summed E-state index contributed by atoms with van der Waals surface area (Å²) in [7, 11) is -0.650. The maximum absolute atomic E-state index is 14.6. The second kappa shape index (κ2) is 10.7. The summed E-state index contributed by atoms with van der Waals surface area (Å²) in [6.45, 7) is 16.6. The van der Waals surface area contributed by atoms with E-state index in [0.29, 0.717) is 28.3 Å². The van der Waals surface area contributed by atoms with Gasteiger partial charge in [-0.05, 0) is 56.6 Å². The molecule has 1 aliphatic heterocycles. The molecular formula is C28H43BF2N2O2. The van der Waals surface area contributed by atoms with E-state index in [4.69, 9.17) is 9.31 Å². The number of halogens is 2. The summed E-state index contributed by atoms with van der Waals surface area (Å²) < 4.78 is 41.5. The molecule has 0 amide bonds. The molecule has 1 fully saturated rings. The van der Waals surface area contributed by atoms with Crippen molar-refractivity contribution in [2.24, 2.45) is 0 Å². The summed E-state index contributed by atoms with van der Waals surface area (Å²) in [6.07, 6.45) is 7.28. The Morgan fingerprint density at radius 2 is 1.57 bits per heavy atom. The van der Waals surface area contributed by atoms with Crippen molar-refractivity contribution < 1.29 is 18.1 Å². The lowest BCUT2D eigenvalue weighted by molar-refractivity contribution is 0.00578. The summed E-state index contributed by atoms with van der Waals surface area (Å²) in [5, 5.41) is 0. The molecule has 194 valence electrons. The van der Waals surface area contributed by atoms with Crippen molar-refractivity contribution in [3.63, 3.8) is 0 Å². The molecule has 1 aromatic heterocycles. The Balaban J connectivity index is 0.000000795. The molecule has 2 aliphatic rings. The van der Waals surface area contributed by atoms with E-state index in [1.54, 1.807) is 0 Å². The first-order chi connectivity index (χ1) is 16.4. The van der Waals surface area contributed by atoms with Gasteiger partial charge in [0.05, 0.1) is 11.2 Å². The van der Waals surface area contributed by atoms with Gasteiger partial charge in [-0.2, -0.15) is 0 Å². The van der Waals surface area contributed by atoms with E-state index in [9.17, 15) is 8.78 Å². The Kier molecular flexibility index (Phi) is 8.53. The minimum atomic E-state index is -2.78. The number of nitrogens with one attached hydrogen (secondary N) is 1. The molecule has 1 N–H and O–H groups in total. The van der Waals surface area contributed by atoms with Crippen LogP contribution in [0.25, 0.3) is 11.4 Å². The number of imidazole rings is 1. The van der Waals surface area contributed by atoms with Gasteiger partial charge >= 0.3 is 7.12 Å². The summed E-state index contributed by atoms with van der Waals surface area (Å²) in [6, 6.07) is 3.76. The van der Waals surface area contributed by atoms with Crippen LogP contribution in [-0.4, -0.2) is 34.2 Å². The maximum atomic E-state index is 14.6. The summed E-state index contributed by atoms with van der Waals surface area (Å²) in [5.74, 6) is -1.76. The van der Waals surface area contributed by atoms with Crippen LogP contribution in [0.4, 0.5) is 8.78 Å². The fourth-order valence-corrected chi connectivity index (χ4v) is 4.50. The number of aromatic nitrogens is 2. The van der Waals surface area contributed by atoms with Crippen molar-refractivity contribution >= 4 is 12.6 Å². The molecule has 4 nitrogen and oxygen atoms in total. The summed E-state index contributed by atoms with van der Waals surface area (Å²) in [5.41, 5.74) is 2.76. The molecule has 2 aromatic rings. The minimum absolute atomic E-state index is 0.285. The van der Waals surface area contributed by atoms with Crippen molar-refractivity contribution in [3.8, 4) is 11.4 Å². The first-order valence-corrected chi connectivity index (χ1v) is 13.3. The topological polar surface area (TPSA) is 47.1 Å². The van der Waals surface area contributed by atoms with Crippen molar-refractivity contribution in [3.05, 3.63) is 35.2 Å². The second-order valence-corrected chi connectivity index (χ2v) is 11.2. The predicted molar refractivity (Wildman–Crippen MR) is 141 cm³/mol. The largest absolute Gasteiger partial charge is 0.495 e. The van der Waals surface area contributed by atoms with E-state index < -0.39 is 24.2 Å². The van der Waals surface area contributed by atoms with E-state index in [-0.39, 0.29) is 12.8 Å². The second-order valence-electron chi connectivity index (χ2n) is 11.2. The van der Waals surface area contributed by atoms with Crippen molar-refractivity contribution in [2.45, 2.75) is 123 Å². The van der Waals surface area contributed by atoms with Crippen LogP contribution in [0.5, 0.6) is 0 Å². The first kappa shape index (κ1) is 27.9. The fraction of sp³-hybridized carbons (Fsp3) is 0.679. The molecule has 1 aromatic carbocycles. The number of nitrogens with zero attached hydrogens (tertiary/aromatic N) is 1. The van der Waals surface area contributed by atoms with Crippen LogP contribution in [0, 0.1) is 0 Å². The number of unbranched alkanes of at least 4 members (excludes halogenated alkanes) is 2. The van der Waals surface area contributed by atoms with Gasteiger partial charge in [0.2, 0.25) is 0 Å². The highest BCUT2D eigenvalue weighted by Crippen LogP contribution is 2.41. The van der Waals surface area contributed by atoms with Gasteiger partial charge in [0.1, 0.15) is 5.82 Å². The molecule has 1 atom stereocenters. The number of fused-ring (bicyclic) bond motifs is 1. The van der Waals surface area contributed by atoms with E-state index in [2.05, 4.69) is 37.7 Å². The molecule has 2 heterocycles. The molecule has 1 saturated heterocycles. The lowest BCUT2D eigenvalue weighted by Gasteiger charge is -2.32. The third-order valence-electron chi connectivity index (χ3n) is 7.72. The zero-order valence-corrected chi connectivity index (χ0v) is 22.9. The van der Waals surface area contributed by atoms with Gasteiger partial charge in [-0.3, -0.25) is 0 Å². The number of benzene rings is 1. The van der Waals surface area contributed by atoms with Gasteiger partial charge < -0.3 is 14.3 Å². The van der Waals surface area contributed by atoms with Crippen molar-refractivity contribution in [1.82, 2.24) is 9.97 Å². The molecular weight excluding hydrogens is 445 g/mol. The molecule has 1 aliphatic carbocycles. The smallest absolute Gasteiger partial charge is 0.399 e. The van der Waals surface area contributed by atoms with Gasteiger partial charge in [0.15, 0.2) is 0 Å². The molecule has 35 heavy (non-hydrogen) atoms. The Morgan fingerprint density at radius 3 is 2.14 bits per heavy atom. The SMILES string of the molecule is CCCC.CCCCC(C)c1cnc(-c2ccc(B3OC(C)(C)C(C)(C)O3)c3c2CC(F)(F)C3)[nH]1. The molecule has 0 bridgehead atoms. The van der Waals surface area contributed by atoms with E-state index in [1.165, 1.54) is 12.8 Å². The van der Waals surface area contributed by atoms with Crippen molar-refractivity contribution in [2.75, 3.05) is 0 Å². The standard InChI is InChI=1S/C24H33BF2N2O2.C4H10/c1-7-8-9-15(2)20-14-28-21(29-20)16-10-11-19(18-13-24(26,27)12-17(16)18)25-30-22(3,4)23(5,6)31-25;1-3-4-2/h10-11,14-15H,7-9,12-13H2,1-6H3,(H,28,29);3-4H2,1-2H3. The van der Waals surface area contributed by atoms with Gasteiger partial charge in [0, 0.05) is 30.3 Å². The van der Waals surface area contributed by atoms with Gasteiger partial charge in [-0.25, -0.2) is 13.8 Å². The Morgan fingerprint density at radius 1 is 0.971 bits per heavy atom. The van der Waals surface area contributed by atoms with Crippen LogP contribution in [0.3, 0.4) is 0 Å². The number of hydrogen-bond donors (Lipinski definition) is 1. The highest BCUT2D eigenvalue weighted by atomic mass is 19.3. The number of aromatic amines is 1. The van der Waals surface area contributed by atoms with E-state index >= 15 is 0 Å². The molecule has 7 heteroatoms. The van der Waals surface area contributed by atoms with Gasteiger partial charge in [-0.1, -0.05) is 65.5 Å². The zero-order valence-electron chi connectivity index (χ0n) is 22.9. The summed E-state index contributed by atoms with van der Waals surface area (Å²) in [4.78, 5) is 7.94. The molecule has 0 spiro atoms. The van der Waals surface area contributed by atoms with Gasteiger partial charge in [0.25, 0.3) is 5.92 Å². The third-order valence-corrected chi connectivity index (χ3v) is 7.72. The number of hydrogen-bond acceptors (Lipinski definition) is 3. The number of H-pyrrole nitrogens is 1. The van der Waals surface area contributed by atoms with Crippen LogP contribution < -0.4 is 5.46 Å². The lowest BCUT2D eigenvalue weighted by Crippen LogP contribution is -2.41. The van der Waals surface area contributed by atoms with Crippen LogP contribution in [0.1, 0.15) is 110 Å². The highest BCUT2D eigenvalue weighted by molar-refractivity contribution is 6.62. The highest BCUT2D eigenvalue weighted by Gasteiger charge is 2.53. The molecule has 4 rings (SSSR count). The summed E-state index contributed by atoms with van der Waals surface area (Å²) >= 11 is 0. The zero-order chi connectivity index (χ0) is 26.0. The monoisotopic (exact) mass is 488 g/mol. The normalized spacial score (nSPS) is 20.3. The van der Waals surface area contributed by atoms with E-state index in [0.717, 1.165) is 30.5 Å². The Hall–Kier alpha value is -1.73. The fourth-order valence-electron chi connectivity index (χ4n) is 4.50. The van der Waals surface area contributed by atoms with Gasteiger partial charge in [-0.15, -0.1) is 0 Å². The molecule has 0 saturated carbocycles. The molecule has 1 unspecified atom stereocenters.